The summed E-state index contributed by atoms with van der Waals surface area (Å²) in [6, 6.07) is 10.9. The van der Waals surface area contributed by atoms with Gasteiger partial charge >= 0.3 is 0 Å². The zero-order chi connectivity index (χ0) is 13.2. The number of aryl methyl sites for hydroxylation is 1. The molecule has 0 fully saturated rings. The quantitative estimate of drug-likeness (QED) is 0.862. The molecule has 1 heterocycles. The van der Waals surface area contributed by atoms with Crippen molar-refractivity contribution in [3.8, 4) is 0 Å². The average Bonchev–Trinajstić information content (AvgIpc) is 2.83. The van der Waals surface area contributed by atoms with Gasteiger partial charge in [0.15, 0.2) is 0 Å². The van der Waals surface area contributed by atoms with E-state index < -0.39 is 10.0 Å². The summed E-state index contributed by atoms with van der Waals surface area (Å²) in [5.74, 6) is 0. The summed E-state index contributed by atoms with van der Waals surface area (Å²) in [5, 5.41) is 1.77. The van der Waals surface area contributed by atoms with E-state index in [4.69, 9.17) is 0 Å². The van der Waals surface area contributed by atoms with Crippen molar-refractivity contribution in [1.82, 2.24) is 0 Å². The Hall–Kier alpha value is -1.33. The topological polar surface area (TPSA) is 37.4 Å². The molecule has 0 N–H and O–H groups in total. The van der Waals surface area contributed by atoms with Gasteiger partial charge in [0.2, 0.25) is 0 Å². The van der Waals surface area contributed by atoms with E-state index in [2.05, 4.69) is 0 Å². The molecule has 0 radical (unpaired) electrons. The Morgan fingerprint density at radius 2 is 2.00 bits per heavy atom. The molecule has 0 spiro atoms. The highest BCUT2D eigenvalue weighted by atomic mass is 32.2. The molecule has 0 unspecified atom stereocenters. The van der Waals surface area contributed by atoms with Crippen LogP contribution in [0.15, 0.2) is 46.0 Å². The first-order valence-electron chi connectivity index (χ1n) is 5.68. The Morgan fingerprint density at radius 3 is 2.56 bits per heavy atom. The minimum Gasteiger partial charge on any atom is -0.266 e. The fourth-order valence-electron chi connectivity index (χ4n) is 1.79. The number of hydrogen-bond acceptors (Lipinski definition) is 3. The first-order chi connectivity index (χ1) is 8.55. The second-order valence-electron chi connectivity index (χ2n) is 3.94. The molecule has 2 rings (SSSR count). The SMILES string of the molecule is CCN(c1cccc(C)c1)S(=O)(=O)c1cccs1. The number of anilines is 1. The van der Waals surface area contributed by atoms with E-state index in [-0.39, 0.29) is 0 Å². The molecule has 0 amide bonds. The van der Waals surface area contributed by atoms with E-state index in [9.17, 15) is 8.42 Å². The largest absolute Gasteiger partial charge is 0.273 e. The summed E-state index contributed by atoms with van der Waals surface area (Å²) < 4.78 is 26.8. The van der Waals surface area contributed by atoms with Crippen LogP contribution in [0.4, 0.5) is 5.69 Å². The standard InChI is InChI=1S/C13H15NO2S2/c1-3-14(12-7-4-6-11(2)10-12)18(15,16)13-8-5-9-17-13/h4-10H,3H2,1-2H3. The minimum atomic E-state index is -3.43. The van der Waals surface area contributed by atoms with Crippen LogP contribution in [0.5, 0.6) is 0 Å². The lowest BCUT2D eigenvalue weighted by Crippen LogP contribution is -2.30. The second-order valence-corrected chi connectivity index (χ2v) is 6.98. The lowest BCUT2D eigenvalue weighted by Gasteiger charge is -2.22. The monoisotopic (exact) mass is 281 g/mol. The number of sulfonamides is 1. The van der Waals surface area contributed by atoms with Crippen LogP contribution in [0.1, 0.15) is 12.5 Å². The van der Waals surface area contributed by atoms with Gasteiger partial charge in [-0.1, -0.05) is 18.2 Å². The zero-order valence-corrected chi connectivity index (χ0v) is 12.0. The normalized spacial score (nSPS) is 11.4. The molecular weight excluding hydrogens is 266 g/mol. The van der Waals surface area contributed by atoms with Crippen molar-refractivity contribution < 1.29 is 8.42 Å². The smallest absolute Gasteiger partial charge is 0.266 e. The van der Waals surface area contributed by atoms with E-state index in [1.807, 2.05) is 38.1 Å². The Bertz CT molecular complexity index is 618. The summed E-state index contributed by atoms with van der Waals surface area (Å²) in [7, 11) is -3.43. The van der Waals surface area contributed by atoms with Crippen LogP contribution >= 0.6 is 11.3 Å². The Kier molecular flexibility index (Phi) is 3.73. The molecule has 18 heavy (non-hydrogen) atoms. The van der Waals surface area contributed by atoms with Crippen molar-refractivity contribution >= 4 is 27.0 Å². The van der Waals surface area contributed by atoms with Crippen molar-refractivity contribution in [2.24, 2.45) is 0 Å². The second kappa shape index (κ2) is 5.12. The maximum atomic E-state index is 12.5. The summed E-state index contributed by atoms with van der Waals surface area (Å²) in [4.78, 5) is 0. The van der Waals surface area contributed by atoms with E-state index >= 15 is 0 Å². The highest BCUT2D eigenvalue weighted by Gasteiger charge is 2.24. The van der Waals surface area contributed by atoms with Gasteiger partial charge in [0, 0.05) is 6.54 Å². The Morgan fingerprint density at radius 1 is 1.22 bits per heavy atom. The van der Waals surface area contributed by atoms with Gasteiger partial charge in [-0.15, -0.1) is 11.3 Å². The van der Waals surface area contributed by atoms with Crippen molar-refractivity contribution in [3.63, 3.8) is 0 Å². The number of thiophene rings is 1. The van der Waals surface area contributed by atoms with Crippen LogP contribution < -0.4 is 4.31 Å². The first kappa shape index (κ1) is 13.1. The van der Waals surface area contributed by atoms with Crippen molar-refractivity contribution in [3.05, 3.63) is 47.3 Å². The predicted molar refractivity (Wildman–Crippen MR) is 75.7 cm³/mol. The van der Waals surface area contributed by atoms with Gasteiger partial charge in [-0.05, 0) is 43.0 Å². The van der Waals surface area contributed by atoms with Gasteiger partial charge in [0.25, 0.3) is 10.0 Å². The maximum Gasteiger partial charge on any atom is 0.273 e. The van der Waals surface area contributed by atoms with E-state index in [1.165, 1.54) is 15.6 Å². The average molecular weight is 281 g/mol. The van der Waals surface area contributed by atoms with Gasteiger partial charge in [0.1, 0.15) is 4.21 Å². The van der Waals surface area contributed by atoms with Crippen LogP contribution in [-0.4, -0.2) is 15.0 Å². The molecule has 0 bridgehead atoms. The van der Waals surface area contributed by atoms with Gasteiger partial charge in [-0.3, -0.25) is 4.31 Å². The molecule has 0 aliphatic rings. The third kappa shape index (κ3) is 2.42. The molecule has 0 atom stereocenters. The third-order valence-corrected chi connectivity index (χ3v) is 5.89. The van der Waals surface area contributed by atoms with Crippen LogP contribution in [0.25, 0.3) is 0 Å². The third-order valence-electron chi connectivity index (χ3n) is 2.62. The molecule has 1 aromatic carbocycles. The van der Waals surface area contributed by atoms with Crippen molar-refractivity contribution in [2.45, 2.75) is 18.1 Å². The summed E-state index contributed by atoms with van der Waals surface area (Å²) in [5.41, 5.74) is 1.76. The van der Waals surface area contributed by atoms with E-state index in [0.29, 0.717) is 16.4 Å². The number of benzene rings is 1. The molecule has 0 aliphatic heterocycles. The van der Waals surface area contributed by atoms with E-state index in [1.54, 1.807) is 17.5 Å². The fraction of sp³-hybridized carbons (Fsp3) is 0.231. The van der Waals surface area contributed by atoms with Crippen LogP contribution in [0, 0.1) is 6.92 Å². The molecular formula is C13H15NO2S2. The van der Waals surface area contributed by atoms with E-state index in [0.717, 1.165) is 5.56 Å². The molecule has 2 aromatic rings. The minimum absolute atomic E-state index is 0.380. The number of rotatable bonds is 4. The molecule has 0 saturated carbocycles. The van der Waals surface area contributed by atoms with Crippen molar-refractivity contribution in [1.29, 1.82) is 0 Å². The highest BCUT2D eigenvalue weighted by Crippen LogP contribution is 2.26. The summed E-state index contributed by atoms with van der Waals surface area (Å²) >= 11 is 1.24. The molecule has 1 aromatic heterocycles. The van der Waals surface area contributed by atoms with Gasteiger partial charge in [-0.2, -0.15) is 0 Å². The first-order valence-corrected chi connectivity index (χ1v) is 8.00. The predicted octanol–water partition coefficient (Wildman–Crippen LogP) is 3.27. The molecule has 96 valence electrons. The van der Waals surface area contributed by atoms with Crippen molar-refractivity contribution in [2.75, 3.05) is 10.8 Å². The molecule has 3 nitrogen and oxygen atoms in total. The zero-order valence-electron chi connectivity index (χ0n) is 10.3. The molecule has 0 aliphatic carbocycles. The lowest BCUT2D eigenvalue weighted by molar-refractivity contribution is 0.594. The highest BCUT2D eigenvalue weighted by molar-refractivity contribution is 7.94. The van der Waals surface area contributed by atoms with Crippen LogP contribution in [0.2, 0.25) is 0 Å². The van der Waals surface area contributed by atoms with Crippen LogP contribution in [0.3, 0.4) is 0 Å². The Labute approximate surface area is 112 Å². The maximum absolute atomic E-state index is 12.5. The number of hydrogen-bond donors (Lipinski definition) is 0. The Balaban J connectivity index is 2.47. The lowest BCUT2D eigenvalue weighted by atomic mass is 10.2. The molecule has 0 saturated heterocycles. The number of nitrogens with zero attached hydrogens (tertiary/aromatic N) is 1. The van der Waals surface area contributed by atoms with Gasteiger partial charge in [0.05, 0.1) is 5.69 Å². The summed E-state index contributed by atoms with van der Waals surface area (Å²) in [6.45, 7) is 4.21. The van der Waals surface area contributed by atoms with Gasteiger partial charge < -0.3 is 0 Å². The van der Waals surface area contributed by atoms with Crippen LogP contribution in [-0.2, 0) is 10.0 Å². The molecule has 5 heteroatoms. The summed E-state index contributed by atoms with van der Waals surface area (Å²) in [6.07, 6.45) is 0. The fourth-order valence-corrected chi connectivity index (χ4v) is 4.36. The van der Waals surface area contributed by atoms with Gasteiger partial charge in [-0.25, -0.2) is 8.42 Å².